The van der Waals surface area contributed by atoms with Crippen LogP contribution in [0.4, 0.5) is 0 Å². The number of benzene rings is 1. The van der Waals surface area contributed by atoms with Crippen molar-refractivity contribution in [3.63, 3.8) is 0 Å². The molecule has 2 fully saturated rings. The zero-order valence-corrected chi connectivity index (χ0v) is 20.5. The monoisotopic (exact) mass is 528 g/mol. The second-order valence-corrected chi connectivity index (χ2v) is 9.47. The summed E-state index contributed by atoms with van der Waals surface area (Å²) in [5, 5.41) is 62.7. The third-order valence-electron chi connectivity index (χ3n) is 7.28. The Labute approximate surface area is 212 Å². The van der Waals surface area contributed by atoms with Crippen molar-refractivity contribution in [1.29, 1.82) is 0 Å². The summed E-state index contributed by atoms with van der Waals surface area (Å²) in [6.45, 7) is 0.597. The smallest absolute Gasteiger partial charge is 0.338 e. The molecule has 2 aliphatic heterocycles. The Morgan fingerprint density at radius 1 is 1.08 bits per heavy atom. The quantitative estimate of drug-likeness (QED) is 0.222. The largest absolute Gasteiger partial charge is 0.497 e. The SMILES string of the molecule is COc1ccc(C(=O)OC2(C)CC(O)C3COC=C(OC4OC(CO)C(O)C(O)C4O)C32O)cc1OC. The number of carbonyl (C=O) groups is 1. The van der Waals surface area contributed by atoms with Gasteiger partial charge in [-0.25, -0.2) is 4.79 Å². The normalized spacial score (nSPS) is 39.2. The highest BCUT2D eigenvalue weighted by Crippen LogP contribution is 2.53. The summed E-state index contributed by atoms with van der Waals surface area (Å²) in [6.07, 6.45) is -8.34. The summed E-state index contributed by atoms with van der Waals surface area (Å²) < 4.78 is 32.6. The van der Waals surface area contributed by atoms with Crippen molar-refractivity contribution in [3.05, 3.63) is 35.8 Å². The minimum absolute atomic E-state index is 0.0906. The average molecular weight is 529 g/mol. The Kier molecular flexibility index (Phi) is 7.59. The molecule has 0 spiro atoms. The number of esters is 1. The topological polar surface area (TPSA) is 194 Å². The number of methoxy groups -OCH3 is 2. The Morgan fingerprint density at radius 3 is 2.43 bits per heavy atom. The highest BCUT2D eigenvalue weighted by molar-refractivity contribution is 5.90. The lowest BCUT2D eigenvalue weighted by Crippen LogP contribution is -2.62. The van der Waals surface area contributed by atoms with Gasteiger partial charge in [0.15, 0.2) is 22.9 Å². The number of fused-ring (bicyclic) bond motifs is 1. The van der Waals surface area contributed by atoms with Crippen molar-refractivity contribution in [1.82, 2.24) is 0 Å². The molecule has 2 heterocycles. The van der Waals surface area contributed by atoms with Crippen molar-refractivity contribution in [3.8, 4) is 11.5 Å². The molecule has 206 valence electrons. The van der Waals surface area contributed by atoms with Crippen LogP contribution in [0, 0.1) is 5.92 Å². The van der Waals surface area contributed by atoms with Gasteiger partial charge >= 0.3 is 5.97 Å². The first-order valence-corrected chi connectivity index (χ1v) is 11.7. The van der Waals surface area contributed by atoms with E-state index in [1.165, 1.54) is 39.3 Å². The van der Waals surface area contributed by atoms with E-state index in [1.807, 2.05) is 0 Å². The van der Waals surface area contributed by atoms with E-state index in [0.29, 0.717) is 5.75 Å². The fraction of sp³-hybridized carbons (Fsp3) is 0.625. The highest BCUT2D eigenvalue weighted by atomic mass is 16.7. The molecule has 37 heavy (non-hydrogen) atoms. The van der Waals surface area contributed by atoms with Crippen molar-refractivity contribution < 1.29 is 63.9 Å². The summed E-state index contributed by atoms with van der Waals surface area (Å²) in [5.74, 6) is -1.50. The fourth-order valence-electron chi connectivity index (χ4n) is 5.11. The van der Waals surface area contributed by atoms with Crippen molar-refractivity contribution >= 4 is 5.97 Å². The van der Waals surface area contributed by atoms with Crippen LogP contribution in [0.25, 0.3) is 0 Å². The van der Waals surface area contributed by atoms with Crippen LogP contribution < -0.4 is 9.47 Å². The number of carbonyl (C=O) groups excluding carboxylic acids is 1. The van der Waals surface area contributed by atoms with Gasteiger partial charge in [-0.05, 0) is 25.1 Å². The maximum absolute atomic E-state index is 13.2. The minimum atomic E-state index is -2.14. The van der Waals surface area contributed by atoms with Crippen LogP contribution >= 0.6 is 0 Å². The predicted octanol–water partition coefficient (Wildman–Crippen LogP) is -1.58. The highest BCUT2D eigenvalue weighted by Gasteiger charge is 2.68. The molecule has 0 bridgehead atoms. The average Bonchev–Trinajstić information content (AvgIpc) is 3.08. The zero-order valence-electron chi connectivity index (χ0n) is 20.5. The minimum Gasteiger partial charge on any atom is -0.497 e. The molecule has 13 heteroatoms. The van der Waals surface area contributed by atoms with Gasteiger partial charge in [0.2, 0.25) is 6.29 Å². The molecule has 1 saturated heterocycles. The maximum atomic E-state index is 13.2. The van der Waals surface area contributed by atoms with E-state index in [4.69, 9.17) is 28.4 Å². The molecular formula is C24H32O13. The third-order valence-corrected chi connectivity index (χ3v) is 7.28. The second kappa shape index (κ2) is 10.3. The number of hydrogen-bond acceptors (Lipinski definition) is 13. The molecule has 1 aromatic rings. The molecule has 4 rings (SSSR count). The Balaban J connectivity index is 1.62. The molecule has 1 aromatic carbocycles. The van der Waals surface area contributed by atoms with Crippen molar-refractivity contribution in [2.24, 2.45) is 5.92 Å². The molecular weight excluding hydrogens is 496 g/mol. The summed E-state index contributed by atoms with van der Waals surface area (Å²) in [6, 6.07) is 4.37. The lowest BCUT2D eigenvalue weighted by Gasteiger charge is -2.46. The Morgan fingerprint density at radius 2 is 1.78 bits per heavy atom. The molecule has 3 aliphatic rings. The molecule has 6 N–H and O–H groups in total. The van der Waals surface area contributed by atoms with Gasteiger partial charge in [0.05, 0.1) is 45.0 Å². The van der Waals surface area contributed by atoms with Gasteiger partial charge in [0, 0.05) is 6.42 Å². The standard InChI is InChI=1S/C24H32O13/c1-23(37-21(30)11-4-5-14(32-2)15(6-11)33-3)7-13(26)12-9-34-10-17(24(12,23)31)36-22-20(29)19(28)18(27)16(8-25)35-22/h4-6,10,12-13,16,18-20,22,25-29,31H,7-9H2,1-3H3. The van der Waals surface area contributed by atoms with Crippen LogP contribution in [-0.4, -0.2) is 112 Å². The molecule has 0 radical (unpaired) electrons. The van der Waals surface area contributed by atoms with E-state index in [9.17, 15) is 35.4 Å². The molecule has 9 unspecified atom stereocenters. The molecule has 1 saturated carbocycles. The summed E-state index contributed by atoms with van der Waals surface area (Å²) >= 11 is 0. The van der Waals surface area contributed by atoms with Crippen LogP contribution in [0.15, 0.2) is 30.2 Å². The molecule has 1 aliphatic carbocycles. The Bertz CT molecular complexity index is 1030. The maximum Gasteiger partial charge on any atom is 0.338 e. The number of aliphatic hydroxyl groups is 6. The second-order valence-electron chi connectivity index (χ2n) is 9.47. The fourth-order valence-corrected chi connectivity index (χ4v) is 5.11. The van der Waals surface area contributed by atoms with Crippen LogP contribution in [0.5, 0.6) is 11.5 Å². The first-order chi connectivity index (χ1) is 17.5. The van der Waals surface area contributed by atoms with Crippen LogP contribution in [0.3, 0.4) is 0 Å². The lowest BCUT2D eigenvalue weighted by atomic mass is 9.79. The predicted molar refractivity (Wildman–Crippen MR) is 121 cm³/mol. The van der Waals surface area contributed by atoms with E-state index in [-0.39, 0.29) is 30.1 Å². The number of ether oxygens (including phenoxy) is 6. The van der Waals surface area contributed by atoms with Gasteiger partial charge in [-0.15, -0.1) is 0 Å². The van der Waals surface area contributed by atoms with E-state index >= 15 is 0 Å². The van der Waals surface area contributed by atoms with Gasteiger partial charge in [0.1, 0.15) is 36.3 Å². The van der Waals surface area contributed by atoms with Gasteiger partial charge < -0.3 is 59.1 Å². The molecule has 0 aromatic heterocycles. The number of aliphatic hydroxyl groups excluding tert-OH is 5. The van der Waals surface area contributed by atoms with Crippen LogP contribution in [-0.2, 0) is 18.9 Å². The summed E-state index contributed by atoms with van der Waals surface area (Å²) in [4.78, 5) is 13.2. The summed E-state index contributed by atoms with van der Waals surface area (Å²) in [5.41, 5.74) is -3.80. The van der Waals surface area contributed by atoms with Gasteiger partial charge in [-0.1, -0.05) is 0 Å². The van der Waals surface area contributed by atoms with E-state index < -0.39 is 66.5 Å². The van der Waals surface area contributed by atoms with Crippen LogP contribution in [0.1, 0.15) is 23.7 Å². The molecule has 13 nitrogen and oxygen atoms in total. The number of rotatable bonds is 7. The first kappa shape index (κ1) is 27.4. The first-order valence-electron chi connectivity index (χ1n) is 11.7. The van der Waals surface area contributed by atoms with Crippen LogP contribution in [0.2, 0.25) is 0 Å². The molecule has 0 amide bonds. The van der Waals surface area contributed by atoms with Gasteiger partial charge in [-0.3, -0.25) is 0 Å². The van der Waals surface area contributed by atoms with Gasteiger partial charge in [-0.2, -0.15) is 0 Å². The third kappa shape index (κ3) is 4.50. The number of hydrogen-bond donors (Lipinski definition) is 6. The summed E-state index contributed by atoms with van der Waals surface area (Å²) in [7, 11) is 2.85. The lowest BCUT2D eigenvalue weighted by molar-refractivity contribution is -0.303. The molecule has 9 atom stereocenters. The van der Waals surface area contributed by atoms with E-state index in [2.05, 4.69) is 0 Å². The van der Waals surface area contributed by atoms with Crippen molar-refractivity contribution in [2.75, 3.05) is 27.4 Å². The van der Waals surface area contributed by atoms with E-state index in [1.54, 1.807) is 0 Å². The van der Waals surface area contributed by atoms with Gasteiger partial charge in [0.25, 0.3) is 0 Å². The Hall–Kier alpha value is -2.65. The van der Waals surface area contributed by atoms with E-state index in [0.717, 1.165) is 6.26 Å². The zero-order chi connectivity index (χ0) is 27.1. The van der Waals surface area contributed by atoms with Crippen molar-refractivity contribution in [2.45, 2.75) is 61.4 Å².